The molecule has 1 aromatic carbocycles. The van der Waals surface area contributed by atoms with Crippen LogP contribution < -0.4 is 15.8 Å². The normalized spacial score (nSPS) is 21.4. The van der Waals surface area contributed by atoms with Gasteiger partial charge in [0, 0.05) is 41.4 Å². The second-order valence-corrected chi connectivity index (χ2v) is 11.8. The van der Waals surface area contributed by atoms with E-state index in [1.807, 2.05) is 44.0 Å². The summed E-state index contributed by atoms with van der Waals surface area (Å²) in [6.07, 6.45) is 8.38. The minimum atomic E-state index is -0.680. The molecule has 4 aromatic rings. The Hall–Kier alpha value is -4.84. The van der Waals surface area contributed by atoms with Gasteiger partial charge in [-0.05, 0) is 50.1 Å². The predicted molar refractivity (Wildman–Crippen MR) is 171 cm³/mol. The second-order valence-electron chi connectivity index (χ2n) is 11.4. The van der Waals surface area contributed by atoms with Gasteiger partial charge in [-0.25, -0.2) is 9.78 Å². The minimum absolute atomic E-state index is 0.0774. The smallest absolute Gasteiger partial charge is 0.332 e. The molecule has 2 bridgehead atoms. The summed E-state index contributed by atoms with van der Waals surface area (Å²) in [5, 5.41) is 7.86. The molecule has 5 heterocycles. The molecule has 1 N–H and O–H groups in total. The van der Waals surface area contributed by atoms with Crippen molar-refractivity contribution < 1.29 is 14.3 Å². The van der Waals surface area contributed by atoms with Crippen LogP contribution in [0, 0.1) is 5.92 Å². The molecule has 2 unspecified atom stereocenters. The summed E-state index contributed by atoms with van der Waals surface area (Å²) < 4.78 is 8.22. The van der Waals surface area contributed by atoms with Crippen molar-refractivity contribution in [2.45, 2.75) is 51.2 Å². The fraction of sp³-hybridized carbons (Fsp3) is 0.344. The van der Waals surface area contributed by atoms with Crippen LogP contribution >= 0.6 is 11.6 Å². The number of nitrogens with one attached hydrogen (secondary N) is 1. The van der Waals surface area contributed by atoms with Crippen LogP contribution in [0.4, 0.5) is 11.4 Å². The molecule has 0 radical (unpaired) electrons. The Labute approximate surface area is 264 Å². The van der Waals surface area contributed by atoms with Crippen LogP contribution in [-0.2, 0) is 21.4 Å². The fourth-order valence-corrected chi connectivity index (χ4v) is 6.17. The van der Waals surface area contributed by atoms with Gasteiger partial charge in [0.05, 0.1) is 66.5 Å². The largest absolute Gasteiger partial charge is 0.467 e. The molecule has 0 saturated heterocycles. The number of aryl methyl sites for hydroxylation is 1. The predicted octanol–water partition coefficient (Wildman–Crippen LogP) is 4.49. The summed E-state index contributed by atoms with van der Waals surface area (Å²) in [6.45, 7) is 3.77. The van der Waals surface area contributed by atoms with Gasteiger partial charge in [-0.2, -0.15) is 5.10 Å². The summed E-state index contributed by atoms with van der Waals surface area (Å²) >= 11 is 6.41. The van der Waals surface area contributed by atoms with Crippen molar-refractivity contribution in [2.75, 3.05) is 17.3 Å². The highest BCUT2D eigenvalue weighted by Gasteiger charge is 2.35. The molecular formula is C32H33ClN8O4. The van der Waals surface area contributed by atoms with Crippen LogP contribution in [0.5, 0.6) is 0 Å². The lowest BCUT2D eigenvalue weighted by molar-refractivity contribution is -0.142. The van der Waals surface area contributed by atoms with E-state index in [-0.39, 0.29) is 23.4 Å². The lowest BCUT2D eigenvalue weighted by Crippen LogP contribution is -2.38. The number of aromatic nitrogens is 5. The van der Waals surface area contributed by atoms with Crippen molar-refractivity contribution in [2.24, 2.45) is 18.0 Å². The molecule has 1 amide bonds. The summed E-state index contributed by atoms with van der Waals surface area (Å²) in [4.78, 5) is 54.7. The van der Waals surface area contributed by atoms with Gasteiger partial charge >= 0.3 is 5.97 Å². The monoisotopic (exact) mass is 628 g/mol. The first-order valence-corrected chi connectivity index (χ1v) is 15.1. The number of rotatable bonds is 4. The van der Waals surface area contributed by atoms with Crippen LogP contribution in [-0.4, -0.2) is 61.7 Å². The van der Waals surface area contributed by atoms with Crippen LogP contribution in [0.1, 0.15) is 44.8 Å². The molecule has 45 heavy (non-hydrogen) atoms. The Morgan fingerprint density at radius 3 is 2.69 bits per heavy atom. The number of amides is 1. The molecule has 0 fully saturated rings. The van der Waals surface area contributed by atoms with Crippen LogP contribution in [0.15, 0.2) is 64.9 Å². The van der Waals surface area contributed by atoms with Gasteiger partial charge in [-0.1, -0.05) is 24.9 Å². The Balaban J connectivity index is 1.39. The van der Waals surface area contributed by atoms with E-state index in [0.29, 0.717) is 52.6 Å². The number of aliphatic imine (C=N–C) groups is 1. The summed E-state index contributed by atoms with van der Waals surface area (Å²) in [5.74, 6) is -0.744. The molecule has 13 heteroatoms. The number of carbonyl (C=O) groups is 2. The third-order valence-corrected chi connectivity index (χ3v) is 8.76. The zero-order chi connectivity index (χ0) is 31.8. The molecule has 232 valence electrons. The van der Waals surface area contributed by atoms with Gasteiger partial charge in [-0.3, -0.25) is 28.8 Å². The summed E-state index contributed by atoms with van der Waals surface area (Å²) in [6, 6.07) is 9.16. The fourth-order valence-electron chi connectivity index (χ4n) is 6.00. The number of fused-ring (bicyclic) bond motifs is 4. The van der Waals surface area contributed by atoms with Crippen LogP contribution in [0.25, 0.3) is 22.5 Å². The number of hydrogen-bond acceptors (Lipinski definition) is 9. The van der Waals surface area contributed by atoms with Gasteiger partial charge in [0.15, 0.2) is 6.04 Å². The molecule has 6 rings (SSSR count). The molecular weight excluding hydrogens is 596 g/mol. The molecule has 2 aliphatic rings. The maximum Gasteiger partial charge on any atom is 0.332 e. The standard InChI is InChI=1S/C32H33ClN8O4/c1-18-6-5-7-27(24-12-20(10-11-34-24)30-25(38-31(18)43)15-37-39(30)3)41-16-35-23(14-28(41)42)22-13-21(33)8-9-26(22)40-17-36-29(19(40)2)32(44)45-4/h8-19,27,29H,5-7H2,1-4H3,(H,38,43)/t18-,19?,27+,29?/m1/s1. The number of nitrogens with zero attached hydrogens (tertiary/aromatic N) is 7. The Morgan fingerprint density at radius 2 is 1.91 bits per heavy atom. The van der Waals surface area contributed by atoms with Gasteiger partial charge in [0.25, 0.3) is 5.56 Å². The number of halogens is 1. The number of hydrogen-bond donors (Lipinski definition) is 1. The molecule has 4 atom stereocenters. The highest BCUT2D eigenvalue weighted by Crippen LogP contribution is 2.36. The van der Waals surface area contributed by atoms with Crippen molar-refractivity contribution in [3.8, 4) is 22.5 Å². The van der Waals surface area contributed by atoms with E-state index in [1.165, 1.54) is 19.5 Å². The number of ether oxygens (including phenoxy) is 1. The molecule has 0 saturated carbocycles. The van der Waals surface area contributed by atoms with E-state index in [2.05, 4.69) is 20.4 Å². The first-order chi connectivity index (χ1) is 21.7. The quantitative estimate of drug-likeness (QED) is 0.327. The van der Waals surface area contributed by atoms with E-state index < -0.39 is 18.1 Å². The molecule has 0 aliphatic carbocycles. The molecule has 2 aliphatic heterocycles. The van der Waals surface area contributed by atoms with E-state index in [0.717, 1.165) is 11.3 Å². The van der Waals surface area contributed by atoms with Gasteiger partial charge < -0.3 is 15.0 Å². The first-order valence-electron chi connectivity index (χ1n) is 14.7. The summed E-state index contributed by atoms with van der Waals surface area (Å²) in [5.41, 5.74) is 4.38. The zero-order valence-electron chi connectivity index (χ0n) is 25.3. The minimum Gasteiger partial charge on any atom is -0.467 e. The SMILES string of the molecule is COC(=O)C1N=CN(c2ccc(Cl)cc2-c2cc(=O)n([C@H]3CCC[C@@H](C)C(=O)Nc4cnn(C)c4-c4ccnc3c4)cn2)C1C. The number of anilines is 2. The van der Waals surface area contributed by atoms with Crippen LogP contribution in [0.3, 0.4) is 0 Å². The van der Waals surface area contributed by atoms with Gasteiger partial charge in [0.1, 0.15) is 0 Å². The Bertz CT molecular complexity index is 1870. The second kappa shape index (κ2) is 12.3. The Kier molecular flexibility index (Phi) is 8.24. The van der Waals surface area contributed by atoms with Gasteiger partial charge in [0.2, 0.25) is 5.91 Å². The zero-order valence-corrected chi connectivity index (χ0v) is 26.1. The number of benzene rings is 1. The van der Waals surface area contributed by atoms with Crippen LogP contribution in [0.2, 0.25) is 5.02 Å². The lowest BCUT2D eigenvalue weighted by atomic mass is 9.97. The summed E-state index contributed by atoms with van der Waals surface area (Å²) in [7, 11) is 3.15. The van der Waals surface area contributed by atoms with Crippen molar-refractivity contribution in [1.82, 2.24) is 24.3 Å². The van der Waals surface area contributed by atoms with Crippen molar-refractivity contribution in [3.05, 3.63) is 76.2 Å². The number of carbonyl (C=O) groups excluding carboxylic acids is 2. The third kappa shape index (κ3) is 5.73. The molecule has 12 nitrogen and oxygen atoms in total. The van der Waals surface area contributed by atoms with Crippen molar-refractivity contribution >= 4 is 41.2 Å². The Morgan fingerprint density at radius 1 is 1.09 bits per heavy atom. The number of methoxy groups -OCH3 is 1. The number of pyridine rings is 1. The highest BCUT2D eigenvalue weighted by molar-refractivity contribution is 6.31. The maximum atomic E-state index is 13.9. The number of esters is 1. The van der Waals surface area contributed by atoms with E-state index >= 15 is 0 Å². The van der Waals surface area contributed by atoms with Gasteiger partial charge in [-0.15, -0.1) is 0 Å². The van der Waals surface area contributed by atoms with Crippen molar-refractivity contribution in [3.63, 3.8) is 0 Å². The van der Waals surface area contributed by atoms with Crippen molar-refractivity contribution in [1.29, 1.82) is 0 Å². The van der Waals surface area contributed by atoms with E-state index in [4.69, 9.17) is 21.3 Å². The van der Waals surface area contributed by atoms with E-state index in [9.17, 15) is 14.4 Å². The average Bonchev–Trinajstić information content (AvgIpc) is 3.60. The topological polar surface area (TPSA) is 137 Å². The maximum absolute atomic E-state index is 13.9. The third-order valence-electron chi connectivity index (χ3n) is 8.53. The molecule has 3 aromatic heterocycles. The first kappa shape index (κ1) is 30.2. The average molecular weight is 629 g/mol. The van der Waals surface area contributed by atoms with E-state index in [1.54, 1.807) is 40.1 Å². The molecule has 0 spiro atoms. The lowest BCUT2D eigenvalue weighted by Gasteiger charge is -2.26. The highest BCUT2D eigenvalue weighted by atomic mass is 35.5.